The zero-order chi connectivity index (χ0) is 13.2. The maximum Gasteiger partial charge on any atom is 0.254 e. The van der Waals surface area contributed by atoms with Crippen molar-refractivity contribution in [2.75, 3.05) is 19.3 Å². The lowest BCUT2D eigenvalue weighted by Gasteiger charge is -2.19. The quantitative estimate of drug-likeness (QED) is 0.888. The summed E-state index contributed by atoms with van der Waals surface area (Å²) in [4.78, 5) is 3.95. The van der Waals surface area contributed by atoms with Crippen LogP contribution in [0.25, 0.3) is 0 Å². The highest BCUT2D eigenvalue weighted by molar-refractivity contribution is 7.91. The fourth-order valence-electron chi connectivity index (χ4n) is 1.45. The van der Waals surface area contributed by atoms with Gasteiger partial charge < -0.3 is 5.73 Å². The van der Waals surface area contributed by atoms with Crippen LogP contribution in [0, 0.1) is 12.8 Å². The van der Waals surface area contributed by atoms with Crippen molar-refractivity contribution in [3.05, 3.63) is 5.69 Å². The number of nitrogen functional groups attached to an aromatic ring is 1. The second kappa shape index (κ2) is 5.32. The number of nitrogens with zero attached hydrogens (tertiary/aromatic N) is 2. The largest absolute Gasteiger partial charge is 0.375 e. The van der Waals surface area contributed by atoms with E-state index < -0.39 is 10.0 Å². The molecule has 1 atom stereocenters. The molecule has 5 nitrogen and oxygen atoms in total. The number of thiazole rings is 1. The van der Waals surface area contributed by atoms with Gasteiger partial charge in [0.05, 0.1) is 5.69 Å². The van der Waals surface area contributed by atoms with Crippen LogP contribution in [0.1, 0.15) is 26.0 Å². The summed E-state index contributed by atoms with van der Waals surface area (Å²) in [7, 11) is -1.85. The monoisotopic (exact) mass is 277 g/mol. The summed E-state index contributed by atoms with van der Waals surface area (Å²) in [6, 6.07) is 0. The minimum absolute atomic E-state index is 0.251. The first-order chi connectivity index (χ1) is 7.78. The summed E-state index contributed by atoms with van der Waals surface area (Å²) in [5, 5.41) is 0.290. The molecule has 0 aromatic carbocycles. The van der Waals surface area contributed by atoms with Gasteiger partial charge >= 0.3 is 0 Å². The van der Waals surface area contributed by atoms with Gasteiger partial charge in [-0.15, -0.1) is 0 Å². The molecule has 1 aromatic rings. The zero-order valence-electron chi connectivity index (χ0n) is 10.6. The molecule has 98 valence electrons. The zero-order valence-corrected chi connectivity index (χ0v) is 12.2. The SMILES string of the molecule is CCC(C)CN(C)S(=O)(=O)c1sc(N)nc1C. The van der Waals surface area contributed by atoms with Crippen LogP contribution in [-0.4, -0.2) is 31.3 Å². The van der Waals surface area contributed by atoms with Crippen LogP contribution in [0.15, 0.2) is 4.21 Å². The molecule has 0 fully saturated rings. The molecule has 0 amide bonds. The van der Waals surface area contributed by atoms with Gasteiger partial charge in [-0.3, -0.25) is 0 Å². The number of nitrogens with two attached hydrogens (primary N) is 1. The third-order valence-electron chi connectivity index (χ3n) is 2.68. The van der Waals surface area contributed by atoms with E-state index in [0.717, 1.165) is 17.8 Å². The maximum atomic E-state index is 12.3. The molecular formula is C10H19N3O2S2. The molecule has 2 N–H and O–H groups in total. The molecule has 1 rings (SSSR count). The van der Waals surface area contributed by atoms with Crippen molar-refractivity contribution in [1.82, 2.24) is 9.29 Å². The first kappa shape index (κ1) is 14.4. The predicted molar refractivity (Wildman–Crippen MR) is 70.5 cm³/mol. The first-order valence-corrected chi connectivity index (χ1v) is 7.74. The van der Waals surface area contributed by atoms with Crippen molar-refractivity contribution in [2.24, 2.45) is 5.92 Å². The van der Waals surface area contributed by atoms with Crippen LogP contribution in [0.5, 0.6) is 0 Å². The van der Waals surface area contributed by atoms with E-state index in [2.05, 4.69) is 4.98 Å². The van der Waals surface area contributed by atoms with E-state index in [-0.39, 0.29) is 9.34 Å². The highest BCUT2D eigenvalue weighted by Crippen LogP contribution is 2.27. The Bertz CT molecular complexity index is 482. The van der Waals surface area contributed by atoms with Gasteiger partial charge in [0.15, 0.2) is 9.34 Å². The second-order valence-corrected chi connectivity index (χ2v) is 7.49. The molecule has 0 aliphatic heterocycles. The maximum absolute atomic E-state index is 12.3. The molecule has 0 aliphatic rings. The van der Waals surface area contributed by atoms with Crippen LogP contribution < -0.4 is 5.73 Å². The second-order valence-electron chi connectivity index (χ2n) is 4.22. The Hall–Kier alpha value is -0.660. The number of hydrogen-bond donors (Lipinski definition) is 1. The summed E-state index contributed by atoms with van der Waals surface area (Å²) < 4.78 is 26.1. The Balaban J connectivity index is 2.99. The standard InChI is InChI=1S/C10H19N3O2S2/c1-5-7(2)6-13(4)17(14,15)9-8(3)12-10(11)16-9/h7H,5-6H2,1-4H3,(H2,11,12). The molecule has 0 saturated heterocycles. The molecule has 7 heteroatoms. The Morgan fingerprint density at radius 3 is 2.53 bits per heavy atom. The lowest BCUT2D eigenvalue weighted by atomic mass is 10.1. The van der Waals surface area contributed by atoms with E-state index >= 15 is 0 Å². The average Bonchev–Trinajstić information content (AvgIpc) is 2.58. The van der Waals surface area contributed by atoms with E-state index in [1.54, 1.807) is 14.0 Å². The Kier molecular flexibility index (Phi) is 4.51. The lowest BCUT2D eigenvalue weighted by molar-refractivity contribution is 0.394. The van der Waals surface area contributed by atoms with Crippen molar-refractivity contribution in [1.29, 1.82) is 0 Å². The molecule has 1 heterocycles. The molecule has 0 bridgehead atoms. The van der Waals surface area contributed by atoms with Crippen molar-refractivity contribution in [2.45, 2.75) is 31.4 Å². The molecular weight excluding hydrogens is 258 g/mol. The first-order valence-electron chi connectivity index (χ1n) is 5.48. The summed E-state index contributed by atoms with van der Waals surface area (Å²) >= 11 is 1.02. The molecule has 0 saturated carbocycles. The summed E-state index contributed by atoms with van der Waals surface area (Å²) in [6.45, 7) is 6.24. The summed E-state index contributed by atoms with van der Waals surface area (Å²) in [5.74, 6) is 0.334. The molecule has 1 aromatic heterocycles. The highest BCUT2D eigenvalue weighted by Gasteiger charge is 2.26. The number of aromatic nitrogens is 1. The lowest BCUT2D eigenvalue weighted by Crippen LogP contribution is -2.30. The molecule has 0 spiro atoms. The Morgan fingerprint density at radius 2 is 2.12 bits per heavy atom. The van der Waals surface area contributed by atoms with E-state index in [0.29, 0.717) is 18.2 Å². The van der Waals surface area contributed by atoms with E-state index in [1.165, 1.54) is 4.31 Å². The Morgan fingerprint density at radius 1 is 1.53 bits per heavy atom. The minimum atomic E-state index is -3.44. The van der Waals surface area contributed by atoms with Crippen molar-refractivity contribution in [3.63, 3.8) is 0 Å². The van der Waals surface area contributed by atoms with Crippen LogP contribution >= 0.6 is 11.3 Å². The number of aryl methyl sites for hydroxylation is 1. The van der Waals surface area contributed by atoms with Crippen LogP contribution in [0.2, 0.25) is 0 Å². The van der Waals surface area contributed by atoms with E-state index in [1.807, 2.05) is 13.8 Å². The van der Waals surface area contributed by atoms with Gasteiger partial charge in [0.2, 0.25) is 0 Å². The third-order valence-corrected chi connectivity index (χ3v) is 6.08. The number of rotatable bonds is 5. The third kappa shape index (κ3) is 3.17. The van der Waals surface area contributed by atoms with Crippen LogP contribution in [-0.2, 0) is 10.0 Å². The number of anilines is 1. The predicted octanol–water partition coefficient (Wildman–Crippen LogP) is 1.70. The fourth-order valence-corrected chi connectivity index (χ4v) is 4.23. The van der Waals surface area contributed by atoms with E-state index in [4.69, 9.17) is 5.73 Å². The summed E-state index contributed by atoms with van der Waals surface area (Å²) in [6.07, 6.45) is 0.948. The van der Waals surface area contributed by atoms with Gasteiger partial charge in [-0.05, 0) is 12.8 Å². The topological polar surface area (TPSA) is 76.3 Å². The Labute approximate surface area is 107 Å². The van der Waals surface area contributed by atoms with Gasteiger partial charge in [-0.1, -0.05) is 31.6 Å². The molecule has 0 radical (unpaired) electrons. The number of sulfonamides is 1. The highest BCUT2D eigenvalue weighted by atomic mass is 32.2. The van der Waals surface area contributed by atoms with Gasteiger partial charge in [0.1, 0.15) is 0 Å². The van der Waals surface area contributed by atoms with Crippen LogP contribution in [0.4, 0.5) is 5.13 Å². The molecule has 17 heavy (non-hydrogen) atoms. The van der Waals surface area contributed by atoms with Crippen molar-refractivity contribution >= 4 is 26.5 Å². The minimum Gasteiger partial charge on any atom is -0.375 e. The normalized spacial score (nSPS) is 14.2. The summed E-state index contributed by atoms with van der Waals surface area (Å²) in [5.41, 5.74) is 6.00. The van der Waals surface area contributed by atoms with Gasteiger partial charge in [0, 0.05) is 13.6 Å². The van der Waals surface area contributed by atoms with Crippen molar-refractivity contribution < 1.29 is 8.42 Å². The van der Waals surface area contributed by atoms with Gasteiger partial charge in [-0.25, -0.2) is 13.4 Å². The number of hydrogen-bond acceptors (Lipinski definition) is 5. The van der Waals surface area contributed by atoms with Gasteiger partial charge in [-0.2, -0.15) is 4.31 Å². The van der Waals surface area contributed by atoms with Crippen molar-refractivity contribution in [3.8, 4) is 0 Å². The van der Waals surface area contributed by atoms with Gasteiger partial charge in [0.25, 0.3) is 10.0 Å². The van der Waals surface area contributed by atoms with E-state index in [9.17, 15) is 8.42 Å². The average molecular weight is 277 g/mol. The fraction of sp³-hybridized carbons (Fsp3) is 0.700. The molecule has 0 aliphatic carbocycles. The van der Waals surface area contributed by atoms with Crippen LogP contribution in [0.3, 0.4) is 0 Å². The molecule has 1 unspecified atom stereocenters. The smallest absolute Gasteiger partial charge is 0.254 e.